The fourth-order valence-electron chi connectivity index (χ4n) is 2.94. The first-order valence-corrected chi connectivity index (χ1v) is 9.01. The van der Waals surface area contributed by atoms with Crippen LogP contribution in [0.15, 0.2) is 36.5 Å². The highest BCUT2D eigenvalue weighted by molar-refractivity contribution is 7.15. The molecular formula is C18H19N5OS. The maximum atomic E-state index is 12.5. The average Bonchev–Trinajstić information content (AvgIpc) is 3.20. The SMILES string of the molecule is Cc1ccnn1-c1ccc(C(=O)Nc2nc3c(s2)CN(C)CC3)cc1. The summed E-state index contributed by atoms with van der Waals surface area (Å²) in [5.41, 5.74) is 3.71. The molecule has 0 spiro atoms. The number of amides is 1. The third kappa shape index (κ3) is 3.20. The van der Waals surface area contributed by atoms with Crippen LogP contribution in [-0.2, 0) is 13.0 Å². The largest absolute Gasteiger partial charge is 0.301 e. The van der Waals surface area contributed by atoms with Gasteiger partial charge in [-0.15, -0.1) is 11.3 Å². The molecule has 0 bridgehead atoms. The van der Waals surface area contributed by atoms with E-state index in [-0.39, 0.29) is 5.91 Å². The van der Waals surface area contributed by atoms with Crippen LogP contribution < -0.4 is 5.32 Å². The Balaban J connectivity index is 1.49. The first kappa shape index (κ1) is 16.0. The van der Waals surface area contributed by atoms with Crippen LogP contribution in [0.4, 0.5) is 5.13 Å². The Morgan fingerprint density at radius 1 is 1.24 bits per heavy atom. The number of aromatic nitrogens is 3. The van der Waals surface area contributed by atoms with Crippen molar-refractivity contribution in [2.24, 2.45) is 0 Å². The second-order valence-corrected chi connectivity index (χ2v) is 7.35. The molecule has 7 heteroatoms. The summed E-state index contributed by atoms with van der Waals surface area (Å²) in [7, 11) is 2.10. The van der Waals surface area contributed by atoms with Crippen molar-refractivity contribution in [3.05, 3.63) is 58.4 Å². The van der Waals surface area contributed by atoms with Crippen molar-refractivity contribution < 1.29 is 4.79 Å². The van der Waals surface area contributed by atoms with Crippen molar-refractivity contribution in [1.82, 2.24) is 19.7 Å². The molecule has 1 amide bonds. The zero-order chi connectivity index (χ0) is 17.4. The number of hydrogen-bond acceptors (Lipinski definition) is 5. The Hall–Kier alpha value is -2.51. The number of likely N-dealkylation sites (N-methyl/N-ethyl adjacent to an activating group) is 1. The second-order valence-electron chi connectivity index (χ2n) is 6.26. The van der Waals surface area contributed by atoms with E-state index >= 15 is 0 Å². The van der Waals surface area contributed by atoms with Gasteiger partial charge in [0.05, 0.1) is 11.4 Å². The van der Waals surface area contributed by atoms with Crippen LogP contribution in [0.1, 0.15) is 26.6 Å². The Morgan fingerprint density at radius 2 is 2.04 bits per heavy atom. The van der Waals surface area contributed by atoms with Gasteiger partial charge in [0, 0.05) is 41.8 Å². The minimum atomic E-state index is -0.136. The van der Waals surface area contributed by atoms with Gasteiger partial charge < -0.3 is 4.90 Å². The molecule has 0 aliphatic carbocycles. The standard InChI is InChI=1S/C18H19N5OS/c1-12-7-9-19-23(12)14-5-3-13(4-6-14)17(24)21-18-20-15-8-10-22(2)11-16(15)25-18/h3-7,9H,8,10-11H2,1-2H3,(H,20,21,24). The van der Waals surface area contributed by atoms with Crippen molar-refractivity contribution in [1.29, 1.82) is 0 Å². The lowest BCUT2D eigenvalue weighted by Crippen LogP contribution is -2.25. The number of thiazole rings is 1. The van der Waals surface area contributed by atoms with Crippen molar-refractivity contribution in [3.63, 3.8) is 0 Å². The molecule has 6 nitrogen and oxygen atoms in total. The Morgan fingerprint density at radius 3 is 2.76 bits per heavy atom. The smallest absolute Gasteiger partial charge is 0.257 e. The van der Waals surface area contributed by atoms with E-state index in [1.165, 1.54) is 4.88 Å². The van der Waals surface area contributed by atoms with E-state index in [9.17, 15) is 4.79 Å². The number of nitrogens with zero attached hydrogens (tertiary/aromatic N) is 4. The lowest BCUT2D eigenvalue weighted by atomic mass is 10.2. The summed E-state index contributed by atoms with van der Waals surface area (Å²) in [4.78, 5) is 20.6. The van der Waals surface area contributed by atoms with Crippen molar-refractivity contribution >= 4 is 22.4 Å². The summed E-state index contributed by atoms with van der Waals surface area (Å²) < 4.78 is 1.84. The van der Waals surface area contributed by atoms with E-state index in [1.807, 2.05) is 41.9 Å². The molecule has 2 aromatic heterocycles. The number of nitrogens with one attached hydrogen (secondary N) is 1. The maximum absolute atomic E-state index is 12.5. The van der Waals surface area contributed by atoms with Crippen LogP contribution in [0.3, 0.4) is 0 Å². The molecule has 0 saturated heterocycles. The van der Waals surface area contributed by atoms with Crippen LogP contribution in [0.5, 0.6) is 0 Å². The van der Waals surface area contributed by atoms with E-state index in [0.29, 0.717) is 10.7 Å². The molecule has 3 aromatic rings. The topological polar surface area (TPSA) is 63.1 Å². The summed E-state index contributed by atoms with van der Waals surface area (Å²) in [6.45, 7) is 3.91. The summed E-state index contributed by atoms with van der Waals surface area (Å²) in [5.74, 6) is -0.136. The second kappa shape index (κ2) is 6.42. The third-order valence-corrected chi connectivity index (χ3v) is 5.35. The van der Waals surface area contributed by atoms with Gasteiger partial charge in [0.15, 0.2) is 5.13 Å². The molecule has 1 aliphatic rings. The molecule has 1 aromatic carbocycles. The molecule has 3 heterocycles. The Kier molecular flexibility index (Phi) is 4.10. The maximum Gasteiger partial charge on any atom is 0.257 e. The zero-order valence-corrected chi connectivity index (χ0v) is 15.0. The number of fused-ring (bicyclic) bond motifs is 1. The minimum absolute atomic E-state index is 0.136. The highest BCUT2D eigenvalue weighted by atomic mass is 32.1. The van der Waals surface area contributed by atoms with E-state index < -0.39 is 0 Å². The van der Waals surface area contributed by atoms with Gasteiger partial charge in [0.1, 0.15) is 0 Å². The summed E-state index contributed by atoms with van der Waals surface area (Å²) in [6.07, 6.45) is 2.70. The number of anilines is 1. The Labute approximate surface area is 150 Å². The number of rotatable bonds is 3. The first-order valence-electron chi connectivity index (χ1n) is 8.20. The number of carbonyl (C=O) groups is 1. The monoisotopic (exact) mass is 353 g/mol. The van der Waals surface area contributed by atoms with Crippen molar-refractivity contribution in [3.8, 4) is 5.69 Å². The van der Waals surface area contributed by atoms with Gasteiger partial charge in [-0.25, -0.2) is 9.67 Å². The molecule has 0 radical (unpaired) electrons. The van der Waals surface area contributed by atoms with Gasteiger partial charge in [-0.05, 0) is 44.3 Å². The predicted octanol–water partition coefficient (Wildman–Crippen LogP) is 2.88. The van der Waals surface area contributed by atoms with Crippen LogP contribution in [0.2, 0.25) is 0 Å². The van der Waals surface area contributed by atoms with Crippen LogP contribution in [0.25, 0.3) is 5.69 Å². The van der Waals surface area contributed by atoms with Crippen LogP contribution in [-0.4, -0.2) is 39.2 Å². The van der Waals surface area contributed by atoms with Gasteiger partial charge in [-0.3, -0.25) is 10.1 Å². The normalized spacial score (nSPS) is 14.3. The lowest BCUT2D eigenvalue weighted by molar-refractivity contribution is 0.102. The molecule has 0 atom stereocenters. The highest BCUT2D eigenvalue weighted by Gasteiger charge is 2.19. The first-order chi connectivity index (χ1) is 12.1. The quantitative estimate of drug-likeness (QED) is 0.786. The Bertz CT molecular complexity index is 912. The number of hydrogen-bond donors (Lipinski definition) is 1. The van der Waals surface area contributed by atoms with Gasteiger partial charge in [0.2, 0.25) is 0 Å². The molecule has 1 aliphatic heterocycles. The van der Waals surface area contributed by atoms with E-state index in [4.69, 9.17) is 0 Å². The van der Waals surface area contributed by atoms with Crippen molar-refractivity contribution in [2.45, 2.75) is 19.9 Å². The van der Waals surface area contributed by atoms with Gasteiger partial charge in [0.25, 0.3) is 5.91 Å². The number of carbonyl (C=O) groups excluding carboxylic acids is 1. The molecule has 25 heavy (non-hydrogen) atoms. The summed E-state index contributed by atoms with van der Waals surface area (Å²) in [6, 6.07) is 9.37. The van der Waals surface area contributed by atoms with Gasteiger partial charge >= 0.3 is 0 Å². The van der Waals surface area contributed by atoms with E-state index in [1.54, 1.807) is 17.5 Å². The van der Waals surface area contributed by atoms with Gasteiger partial charge in [-0.2, -0.15) is 5.10 Å². The minimum Gasteiger partial charge on any atom is -0.301 e. The van der Waals surface area contributed by atoms with Crippen LogP contribution in [0, 0.1) is 6.92 Å². The fraction of sp³-hybridized carbons (Fsp3) is 0.278. The number of aryl methyl sites for hydroxylation is 1. The van der Waals surface area contributed by atoms with Gasteiger partial charge in [-0.1, -0.05) is 0 Å². The molecule has 1 N–H and O–H groups in total. The van der Waals surface area contributed by atoms with E-state index in [0.717, 1.165) is 36.6 Å². The van der Waals surface area contributed by atoms with E-state index in [2.05, 4.69) is 27.3 Å². The zero-order valence-electron chi connectivity index (χ0n) is 14.2. The lowest BCUT2D eigenvalue weighted by Gasteiger charge is -2.20. The average molecular weight is 353 g/mol. The highest BCUT2D eigenvalue weighted by Crippen LogP contribution is 2.28. The fourth-order valence-corrected chi connectivity index (χ4v) is 4.02. The summed E-state index contributed by atoms with van der Waals surface area (Å²) >= 11 is 1.57. The molecule has 0 unspecified atom stereocenters. The molecule has 0 fully saturated rings. The van der Waals surface area contributed by atoms with Crippen molar-refractivity contribution in [2.75, 3.05) is 18.9 Å². The molecule has 0 saturated carbocycles. The molecular weight excluding hydrogens is 334 g/mol. The third-order valence-electron chi connectivity index (χ3n) is 4.35. The van der Waals surface area contributed by atoms with Crippen LogP contribution >= 0.6 is 11.3 Å². The molecule has 128 valence electrons. The summed E-state index contributed by atoms with van der Waals surface area (Å²) in [5, 5.41) is 7.88. The number of benzene rings is 1. The predicted molar refractivity (Wildman–Crippen MR) is 98.4 cm³/mol. The molecule has 4 rings (SSSR count).